The molecule has 0 aliphatic carbocycles. The molecule has 3 rings (SSSR count). The van der Waals surface area contributed by atoms with E-state index in [0.717, 1.165) is 5.56 Å². The van der Waals surface area contributed by atoms with Crippen molar-refractivity contribution < 1.29 is 9.53 Å². The number of carbonyl (C=O) groups is 1. The Kier molecular flexibility index (Phi) is 4.29. The highest BCUT2D eigenvalue weighted by Crippen LogP contribution is 2.25. The summed E-state index contributed by atoms with van der Waals surface area (Å²) in [7, 11) is 0. The Labute approximate surface area is 146 Å². The average molecular weight is 340 g/mol. The van der Waals surface area contributed by atoms with E-state index in [-0.39, 0.29) is 17.0 Å². The lowest BCUT2D eigenvalue weighted by atomic mass is 9.87. The van der Waals surface area contributed by atoms with Crippen LogP contribution in [0.2, 0.25) is 5.02 Å². The fraction of sp³-hybridized carbons (Fsp3) is 0.200. The van der Waals surface area contributed by atoms with E-state index < -0.39 is 5.97 Å². The van der Waals surface area contributed by atoms with Crippen LogP contribution in [0.5, 0.6) is 0 Å². The van der Waals surface area contributed by atoms with Crippen LogP contribution < -0.4 is 0 Å². The van der Waals surface area contributed by atoms with Crippen molar-refractivity contribution in [1.82, 2.24) is 0 Å². The van der Waals surface area contributed by atoms with Gasteiger partial charge in [0.2, 0.25) is 5.90 Å². The van der Waals surface area contributed by atoms with E-state index >= 15 is 0 Å². The third-order valence-corrected chi connectivity index (χ3v) is 4.13. The lowest BCUT2D eigenvalue weighted by Crippen LogP contribution is -2.10. The van der Waals surface area contributed by atoms with Gasteiger partial charge in [-0.3, -0.25) is 0 Å². The van der Waals surface area contributed by atoms with Gasteiger partial charge in [-0.2, -0.15) is 0 Å². The van der Waals surface area contributed by atoms with Crippen molar-refractivity contribution in [2.45, 2.75) is 26.2 Å². The molecule has 122 valence electrons. The van der Waals surface area contributed by atoms with Crippen LogP contribution in [-0.4, -0.2) is 11.9 Å². The second-order valence-corrected chi connectivity index (χ2v) is 7.10. The molecule has 2 aromatic rings. The predicted molar refractivity (Wildman–Crippen MR) is 97.2 cm³/mol. The number of aliphatic imine (C=N–C) groups is 1. The zero-order valence-electron chi connectivity index (χ0n) is 13.8. The Balaban J connectivity index is 1.90. The van der Waals surface area contributed by atoms with Crippen molar-refractivity contribution in [1.29, 1.82) is 0 Å². The molecule has 0 N–H and O–H groups in total. The summed E-state index contributed by atoms with van der Waals surface area (Å²) < 4.78 is 5.25. The zero-order chi connectivity index (χ0) is 17.3. The molecule has 4 heteroatoms. The Morgan fingerprint density at radius 1 is 1.04 bits per heavy atom. The van der Waals surface area contributed by atoms with Gasteiger partial charge in [0.25, 0.3) is 0 Å². The fourth-order valence-electron chi connectivity index (χ4n) is 2.40. The summed E-state index contributed by atoms with van der Waals surface area (Å²) in [6.45, 7) is 6.49. The first-order chi connectivity index (χ1) is 11.3. The van der Waals surface area contributed by atoms with Crippen LogP contribution in [-0.2, 0) is 14.9 Å². The predicted octanol–water partition coefficient (Wildman–Crippen LogP) is 4.98. The highest BCUT2D eigenvalue weighted by atomic mass is 35.5. The third kappa shape index (κ3) is 3.41. The number of benzene rings is 2. The Hall–Kier alpha value is -2.39. The number of carbonyl (C=O) groups excluding carboxylic acids is 1. The molecule has 2 aromatic carbocycles. The molecule has 1 heterocycles. The summed E-state index contributed by atoms with van der Waals surface area (Å²) in [6.07, 6.45) is 1.72. The number of esters is 1. The van der Waals surface area contributed by atoms with Crippen LogP contribution in [0.15, 0.2) is 59.2 Å². The van der Waals surface area contributed by atoms with E-state index in [4.69, 9.17) is 16.3 Å². The summed E-state index contributed by atoms with van der Waals surface area (Å²) in [5.74, 6) is -0.229. The first-order valence-electron chi connectivity index (χ1n) is 7.72. The van der Waals surface area contributed by atoms with Crippen LogP contribution in [0, 0.1) is 0 Å². The number of cyclic esters (lactones) is 1. The van der Waals surface area contributed by atoms with Gasteiger partial charge in [-0.25, -0.2) is 9.79 Å². The maximum absolute atomic E-state index is 12.1. The number of nitrogens with zero attached hydrogens (tertiary/aromatic N) is 1. The molecule has 0 unspecified atom stereocenters. The lowest BCUT2D eigenvalue weighted by molar-refractivity contribution is -0.129. The Morgan fingerprint density at radius 3 is 2.33 bits per heavy atom. The van der Waals surface area contributed by atoms with Crippen LogP contribution >= 0.6 is 11.6 Å². The molecule has 3 nitrogen and oxygen atoms in total. The minimum atomic E-state index is -0.468. The van der Waals surface area contributed by atoms with Gasteiger partial charge in [-0.15, -0.1) is 0 Å². The summed E-state index contributed by atoms with van der Waals surface area (Å²) in [5.41, 5.74) is 3.11. The second kappa shape index (κ2) is 6.25. The van der Waals surface area contributed by atoms with Gasteiger partial charge in [-0.05, 0) is 34.8 Å². The van der Waals surface area contributed by atoms with Crippen LogP contribution in [0.1, 0.15) is 37.5 Å². The highest BCUT2D eigenvalue weighted by molar-refractivity contribution is 6.34. The van der Waals surface area contributed by atoms with E-state index in [1.54, 1.807) is 18.2 Å². The van der Waals surface area contributed by atoms with E-state index in [0.29, 0.717) is 10.6 Å². The largest absolute Gasteiger partial charge is 0.402 e. The van der Waals surface area contributed by atoms with E-state index in [1.807, 2.05) is 24.3 Å². The number of halogens is 1. The minimum Gasteiger partial charge on any atom is -0.402 e. The van der Waals surface area contributed by atoms with Crippen molar-refractivity contribution in [2.75, 3.05) is 0 Å². The van der Waals surface area contributed by atoms with Gasteiger partial charge in [0, 0.05) is 0 Å². The average Bonchev–Trinajstić information content (AvgIpc) is 2.88. The maximum atomic E-state index is 12.1. The molecule has 0 bridgehead atoms. The third-order valence-electron chi connectivity index (χ3n) is 3.80. The van der Waals surface area contributed by atoms with Gasteiger partial charge < -0.3 is 4.74 Å². The highest BCUT2D eigenvalue weighted by Gasteiger charge is 2.25. The van der Waals surface area contributed by atoms with Gasteiger partial charge in [0.1, 0.15) is 0 Å². The molecule has 1 aliphatic heterocycles. The molecule has 0 amide bonds. The summed E-state index contributed by atoms with van der Waals surface area (Å²) in [4.78, 5) is 16.3. The van der Waals surface area contributed by atoms with Gasteiger partial charge in [0.15, 0.2) is 5.70 Å². The zero-order valence-corrected chi connectivity index (χ0v) is 14.6. The topological polar surface area (TPSA) is 38.7 Å². The first kappa shape index (κ1) is 16.5. The van der Waals surface area contributed by atoms with Crippen molar-refractivity contribution in [3.8, 4) is 0 Å². The first-order valence-corrected chi connectivity index (χ1v) is 8.10. The molecule has 24 heavy (non-hydrogen) atoms. The van der Waals surface area contributed by atoms with E-state index in [2.05, 4.69) is 37.9 Å². The molecular weight excluding hydrogens is 322 g/mol. The number of hydrogen-bond donors (Lipinski definition) is 0. The van der Waals surface area contributed by atoms with Gasteiger partial charge >= 0.3 is 5.97 Å². The summed E-state index contributed by atoms with van der Waals surface area (Å²) >= 11 is 6.13. The Morgan fingerprint density at radius 2 is 1.71 bits per heavy atom. The summed E-state index contributed by atoms with van der Waals surface area (Å²) in [5, 5.41) is 0.500. The van der Waals surface area contributed by atoms with Crippen molar-refractivity contribution in [2.24, 2.45) is 4.99 Å². The van der Waals surface area contributed by atoms with Gasteiger partial charge in [-0.1, -0.05) is 68.8 Å². The smallest absolute Gasteiger partial charge is 0.363 e. The van der Waals surface area contributed by atoms with Crippen LogP contribution in [0.3, 0.4) is 0 Å². The molecule has 0 saturated heterocycles. The Bertz CT molecular complexity index is 843. The van der Waals surface area contributed by atoms with Crippen molar-refractivity contribution >= 4 is 29.5 Å². The van der Waals surface area contributed by atoms with E-state index in [9.17, 15) is 4.79 Å². The molecular formula is C20H18ClNO2. The standard InChI is InChI=1S/C20H18ClNO2/c1-20(2,3)14-10-8-13(9-11-14)12-17-19(23)24-18(22-17)15-6-4-5-7-16(15)21/h4-12H,1-3H3. The van der Waals surface area contributed by atoms with Crippen molar-refractivity contribution in [3.63, 3.8) is 0 Å². The maximum Gasteiger partial charge on any atom is 0.363 e. The van der Waals surface area contributed by atoms with Crippen LogP contribution in [0.25, 0.3) is 6.08 Å². The minimum absolute atomic E-state index is 0.0906. The SMILES string of the molecule is CC(C)(C)c1ccc(C=C2N=C(c3ccccc3Cl)OC2=O)cc1. The van der Waals surface area contributed by atoms with Crippen LogP contribution in [0.4, 0.5) is 0 Å². The fourth-order valence-corrected chi connectivity index (χ4v) is 2.61. The van der Waals surface area contributed by atoms with Gasteiger partial charge in [0.05, 0.1) is 10.6 Å². The number of rotatable bonds is 2. The van der Waals surface area contributed by atoms with Crippen molar-refractivity contribution in [3.05, 3.63) is 75.9 Å². The molecule has 0 aromatic heterocycles. The normalized spacial score (nSPS) is 16.2. The lowest BCUT2D eigenvalue weighted by Gasteiger charge is -2.18. The monoisotopic (exact) mass is 339 g/mol. The molecule has 0 atom stereocenters. The number of ether oxygens (including phenoxy) is 1. The molecule has 0 saturated carbocycles. The van der Waals surface area contributed by atoms with E-state index in [1.165, 1.54) is 5.56 Å². The molecule has 0 radical (unpaired) electrons. The second-order valence-electron chi connectivity index (χ2n) is 6.69. The summed E-state index contributed by atoms with van der Waals surface area (Å²) in [6, 6.07) is 15.2. The molecule has 0 spiro atoms. The number of hydrogen-bond acceptors (Lipinski definition) is 3. The molecule has 0 fully saturated rings. The molecule has 1 aliphatic rings. The quantitative estimate of drug-likeness (QED) is 0.571.